The topological polar surface area (TPSA) is 53.1 Å². The van der Waals surface area contributed by atoms with Gasteiger partial charge in [-0.05, 0) is 26.1 Å². The summed E-state index contributed by atoms with van der Waals surface area (Å²) in [5.41, 5.74) is 6.13. The van der Waals surface area contributed by atoms with Crippen molar-refractivity contribution < 1.29 is 4.39 Å². The van der Waals surface area contributed by atoms with Gasteiger partial charge in [0.2, 0.25) is 0 Å². The van der Waals surface area contributed by atoms with Crippen molar-refractivity contribution in [1.29, 1.82) is 5.41 Å². The van der Waals surface area contributed by atoms with Gasteiger partial charge in [-0.3, -0.25) is 5.41 Å². The molecule has 4 heteroatoms. The number of nitrogens with one attached hydrogen (secondary N) is 1. The van der Waals surface area contributed by atoms with Gasteiger partial charge in [0.15, 0.2) is 0 Å². The first-order chi connectivity index (χ1) is 8.56. The van der Waals surface area contributed by atoms with Gasteiger partial charge in [-0.2, -0.15) is 0 Å². The van der Waals surface area contributed by atoms with Crippen LogP contribution in [0.15, 0.2) is 18.2 Å². The van der Waals surface area contributed by atoms with Crippen molar-refractivity contribution in [1.82, 2.24) is 4.90 Å². The van der Waals surface area contributed by atoms with E-state index < -0.39 is 0 Å². The minimum Gasteiger partial charge on any atom is -0.384 e. The van der Waals surface area contributed by atoms with Crippen molar-refractivity contribution in [2.75, 3.05) is 13.6 Å². The predicted molar refractivity (Wildman–Crippen MR) is 73.3 cm³/mol. The Morgan fingerprint density at radius 1 is 1.39 bits per heavy atom. The van der Waals surface area contributed by atoms with Crippen LogP contribution in [0.4, 0.5) is 4.39 Å². The number of nitrogens with zero attached hydrogens (tertiary/aromatic N) is 1. The molecule has 18 heavy (non-hydrogen) atoms. The van der Waals surface area contributed by atoms with E-state index in [1.807, 2.05) is 7.05 Å². The Balaban J connectivity index is 2.67. The van der Waals surface area contributed by atoms with Crippen LogP contribution < -0.4 is 5.73 Å². The molecule has 1 rings (SSSR count). The standard InChI is InChI=1S/C14H22FN3/c1-3-4-5-9-18(2)10-11-7-6-8-12(13(11)15)14(16)17/h6-8H,3-5,9-10H2,1-2H3,(H3,16,17). The molecule has 0 fully saturated rings. The van der Waals surface area contributed by atoms with Crippen molar-refractivity contribution in [2.24, 2.45) is 5.73 Å². The van der Waals surface area contributed by atoms with E-state index in [2.05, 4.69) is 11.8 Å². The number of rotatable bonds is 7. The van der Waals surface area contributed by atoms with E-state index in [4.69, 9.17) is 11.1 Å². The maximum Gasteiger partial charge on any atom is 0.138 e. The predicted octanol–water partition coefficient (Wildman–Crippen LogP) is 2.73. The average Bonchev–Trinajstić information content (AvgIpc) is 2.32. The van der Waals surface area contributed by atoms with E-state index in [1.54, 1.807) is 12.1 Å². The fourth-order valence-electron chi connectivity index (χ4n) is 1.91. The van der Waals surface area contributed by atoms with Crippen molar-refractivity contribution in [2.45, 2.75) is 32.7 Å². The summed E-state index contributed by atoms with van der Waals surface area (Å²) in [6.45, 7) is 3.67. The van der Waals surface area contributed by atoms with E-state index in [-0.39, 0.29) is 17.2 Å². The van der Waals surface area contributed by atoms with Gasteiger partial charge < -0.3 is 10.6 Å². The van der Waals surface area contributed by atoms with E-state index in [1.165, 1.54) is 18.9 Å². The van der Waals surface area contributed by atoms with Gasteiger partial charge in [0.05, 0.1) is 5.56 Å². The molecule has 0 spiro atoms. The van der Waals surface area contributed by atoms with Crippen molar-refractivity contribution in [3.63, 3.8) is 0 Å². The van der Waals surface area contributed by atoms with Gasteiger partial charge in [-0.25, -0.2) is 4.39 Å². The zero-order chi connectivity index (χ0) is 13.5. The Labute approximate surface area is 108 Å². The minimum atomic E-state index is -0.368. The molecule has 0 aromatic heterocycles. The van der Waals surface area contributed by atoms with Crippen LogP contribution in [0.3, 0.4) is 0 Å². The van der Waals surface area contributed by atoms with Crippen molar-refractivity contribution >= 4 is 5.84 Å². The maximum absolute atomic E-state index is 14.0. The van der Waals surface area contributed by atoms with Crippen LogP contribution in [0.1, 0.15) is 37.3 Å². The molecule has 0 saturated carbocycles. The number of unbranched alkanes of at least 4 members (excludes halogenated alkanes) is 2. The number of halogens is 1. The summed E-state index contributed by atoms with van der Waals surface area (Å²) < 4.78 is 14.0. The molecule has 0 atom stereocenters. The highest BCUT2D eigenvalue weighted by atomic mass is 19.1. The van der Waals surface area contributed by atoms with Gasteiger partial charge in [0.25, 0.3) is 0 Å². The van der Waals surface area contributed by atoms with Gasteiger partial charge in [0.1, 0.15) is 11.7 Å². The fraction of sp³-hybridized carbons (Fsp3) is 0.500. The van der Waals surface area contributed by atoms with E-state index >= 15 is 0 Å². The van der Waals surface area contributed by atoms with Gasteiger partial charge in [0, 0.05) is 12.1 Å². The maximum atomic E-state index is 14.0. The summed E-state index contributed by atoms with van der Waals surface area (Å²) in [6, 6.07) is 5.03. The highest BCUT2D eigenvalue weighted by Gasteiger charge is 2.11. The zero-order valence-electron chi connectivity index (χ0n) is 11.2. The highest BCUT2D eigenvalue weighted by Crippen LogP contribution is 2.14. The molecule has 0 unspecified atom stereocenters. The normalized spacial score (nSPS) is 10.9. The summed E-state index contributed by atoms with van der Waals surface area (Å²) in [7, 11) is 1.98. The third-order valence-corrected chi connectivity index (χ3v) is 2.95. The third kappa shape index (κ3) is 4.11. The second-order valence-electron chi connectivity index (χ2n) is 4.64. The molecule has 0 aliphatic rings. The molecule has 0 amide bonds. The largest absolute Gasteiger partial charge is 0.384 e. The van der Waals surface area contributed by atoms with Crippen LogP contribution in [0.2, 0.25) is 0 Å². The molecule has 0 heterocycles. The summed E-state index contributed by atoms with van der Waals surface area (Å²) in [5, 5.41) is 7.32. The zero-order valence-corrected chi connectivity index (χ0v) is 11.2. The number of nitrogen functional groups attached to an aromatic ring is 1. The van der Waals surface area contributed by atoms with E-state index in [0.29, 0.717) is 12.1 Å². The van der Waals surface area contributed by atoms with E-state index in [0.717, 1.165) is 13.0 Å². The summed E-state index contributed by atoms with van der Waals surface area (Å²) in [5.74, 6) is -0.588. The summed E-state index contributed by atoms with van der Waals surface area (Å²) >= 11 is 0. The lowest BCUT2D eigenvalue weighted by Gasteiger charge is -2.17. The lowest BCUT2D eigenvalue weighted by atomic mass is 10.1. The minimum absolute atomic E-state index is 0.189. The highest BCUT2D eigenvalue weighted by molar-refractivity contribution is 5.95. The van der Waals surface area contributed by atoms with Crippen molar-refractivity contribution in [3.05, 3.63) is 35.1 Å². The number of amidine groups is 1. The quantitative estimate of drug-likeness (QED) is 0.445. The number of hydrogen-bond acceptors (Lipinski definition) is 2. The van der Waals surface area contributed by atoms with Crippen LogP contribution in [-0.2, 0) is 6.54 Å². The van der Waals surface area contributed by atoms with Crippen LogP contribution in [0, 0.1) is 11.2 Å². The van der Waals surface area contributed by atoms with Gasteiger partial charge in [-0.1, -0.05) is 31.9 Å². The number of benzene rings is 1. The SMILES string of the molecule is CCCCCN(C)Cc1cccc(C(=N)N)c1F. The molecule has 3 N–H and O–H groups in total. The monoisotopic (exact) mass is 251 g/mol. The molecule has 3 nitrogen and oxygen atoms in total. The fourth-order valence-corrected chi connectivity index (χ4v) is 1.91. The van der Waals surface area contributed by atoms with Crippen molar-refractivity contribution in [3.8, 4) is 0 Å². The van der Waals surface area contributed by atoms with Crippen LogP contribution >= 0.6 is 0 Å². The Hall–Kier alpha value is -1.42. The van der Waals surface area contributed by atoms with Crippen LogP contribution in [0.5, 0.6) is 0 Å². The Kier molecular flexibility index (Phi) is 5.78. The first-order valence-corrected chi connectivity index (χ1v) is 6.36. The molecule has 0 bridgehead atoms. The smallest absolute Gasteiger partial charge is 0.138 e. The molecule has 0 aliphatic heterocycles. The summed E-state index contributed by atoms with van der Waals surface area (Å²) in [4.78, 5) is 2.10. The third-order valence-electron chi connectivity index (χ3n) is 2.95. The van der Waals surface area contributed by atoms with Gasteiger partial charge in [-0.15, -0.1) is 0 Å². The number of hydrogen-bond donors (Lipinski definition) is 2. The Morgan fingerprint density at radius 3 is 2.72 bits per heavy atom. The van der Waals surface area contributed by atoms with Gasteiger partial charge >= 0.3 is 0 Å². The molecule has 0 aliphatic carbocycles. The lowest BCUT2D eigenvalue weighted by Crippen LogP contribution is -2.21. The summed E-state index contributed by atoms with van der Waals surface area (Å²) in [6.07, 6.45) is 3.50. The van der Waals surface area contributed by atoms with Crippen LogP contribution in [0.25, 0.3) is 0 Å². The second-order valence-corrected chi connectivity index (χ2v) is 4.64. The molecule has 1 aromatic rings. The molecule has 1 aromatic carbocycles. The average molecular weight is 251 g/mol. The molecule has 100 valence electrons. The molecular weight excluding hydrogens is 229 g/mol. The van der Waals surface area contributed by atoms with E-state index in [9.17, 15) is 4.39 Å². The first-order valence-electron chi connectivity index (χ1n) is 6.36. The first kappa shape index (κ1) is 14.6. The molecule has 0 saturated heterocycles. The number of nitrogens with two attached hydrogens (primary N) is 1. The molecular formula is C14H22FN3. The Morgan fingerprint density at radius 2 is 2.11 bits per heavy atom. The second kappa shape index (κ2) is 7.11. The molecule has 0 radical (unpaired) electrons. The lowest BCUT2D eigenvalue weighted by molar-refractivity contribution is 0.313. The van der Waals surface area contributed by atoms with Crippen LogP contribution in [-0.4, -0.2) is 24.3 Å². The Bertz CT molecular complexity index is 404.